The number of nitrogens with zero attached hydrogens (tertiary/aromatic N) is 2. The third kappa shape index (κ3) is 1.51. The molecule has 0 saturated heterocycles. The molecule has 20 heavy (non-hydrogen) atoms. The molecule has 4 heteroatoms. The van der Waals surface area contributed by atoms with E-state index in [2.05, 4.69) is 4.98 Å². The quantitative estimate of drug-likeness (QED) is 0.796. The van der Waals surface area contributed by atoms with Gasteiger partial charge < -0.3 is 4.90 Å². The summed E-state index contributed by atoms with van der Waals surface area (Å²) in [5.74, 6) is -0.0825. The van der Waals surface area contributed by atoms with E-state index < -0.39 is 0 Å². The molecule has 0 spiro atoms. The Morgan fingerprint density at radius 1 is 1.25 bits per heavy atom. The lowest BCUT2D eigenvalue weighted by Gasteiger charge is -2.26. The highest BCUT2D eigenvalue weighted by atomic mass is 19.1. The molecule has 2 aromatic rings. The number of hydrogen-bond acceptors (Lipinski definition) is 2. The molecule has 1 amide bonds. The largest absolute Gasteiger partial charge is 0.311 e. The fraction of sp³-hybridized carbons (Fsp3) is 0.250. The van der Waals surface area contributed by atoms with Gasteiger partial charge in [-0.25, -0.2) is 4.39 Å². The second-order valence-electron chi connectivity index (χ2n) is 5.26. The first-order chi connectivity index (χ1) is 9.75. The Kier molecular flexibility index (Phi) is 2.39. The van der Waals surface area contributed by atoms with Crippen LogP contribution in [-0.2, 0) is 17.6 Å². The van der Waals surface area contributed by atoms with Gasteiger partial charge in [0.05, 0.1) is 5.69 Å². The minimum absolute atomic E-state index is 0.116. The number of carbonyl (C=O) groups is 1. The number of amides is 1. The van der Waals surface area contributed by atoms with Crippen LogP contribution in [0.3, 0.4) is 0 Å². The molecule has 0 bridgehead atoms. The molecule has 1 aromatic heterocycles. The summed E-state index contributed by atoms with van der Waals surface area (Å²) in [4.78, 5) is 17.7. The van der Waals surface area contributed by atoms with Crippen LogP contribution in [0.2, 0.25) is 0 Å². The molecule has 3 heterocycles. The smallest absolute Gasteiger partial charge is 0.227 e. The SMILES string of the molecule is O=C1CCc2c(F)c(-c3cccnc3)cc3c2N1CC3. The van der Waals surface area contributed by atoms with Crippen LogP contribution < -0.4 is 4.90 Å². The first kappa shape index (κ1) is 11.6. The van der Waals surface area contributed by atoms with Gasteiger partial charge in [-0.3, -0.25) is 9.78 Å². The summed E-state index contributed by atoms with van der Waals surface area (Å²) < 4.78 is 14.8. The molecule has 3 nitrogen and oxygen atoms in total. The Hall–Kier alpha value is -2.23. The van der Waals surface area contributed by atoms with Crippen molar-refractivity contribution in [3.05, 3.63) is 47.5 Å². The van der Waals surface area contributed by atoms with E-state index in [-0.39, 0.29) is 11.7 Å². The van der Waals surface area contributed by atoms with E-state index in [9.17, 15) is 9.18 Å². The summed E-state index contributed by atoms with van der Waals surface area (Å²) in [5, 5.41) is 0. The van der Waals surface area contributed by atoms with Crippen LogP contribution in [0.4, 0.5) is 10.1 Å². The number of hydrogen-bond donors (Lipinski definition) is 0. The lowest BCUT2D eigenvalue weighted by molar-refractivity contribution is -0.118. The molecule has 0 aliphatic carbocycles. The van der Waals surface area contributed by atoms with E-state index >= 15 is 0 Å². The molecular formula is C16H13FN2O. The lowest BCUT2D eigenvalue weighted by atomic mass is 9.93. The van der Waals surface area contributed by atoms with E-state index in [1.165, 1.54) is 0 Å². The summed E-state index contributed by atoms with van der Waals surface area (Å²) in [6.07, 6.45) is 5.07. The normalized spacial score (nSPS) is 16.4. The van der Waals surface area contributed by atoms with Crippen LogP contribution in [-0.4, -0.2) is 17.4 Å². The zero-order valence-corrected chi connectivity index (χ0v) is 10.9. The second-order valence-corrected chi connectivity index (χ2v) is 5.26. The summed E-state index contributed by atoms with van der Waals surface area (Å²) in [7, 11) is 0. The van der Waals surface area contributed by atoms with Gasteiger partial charge in [-0.05, 0) is 30.5 Å². The fourth-order valence-corrected chi connectivity index (χ4v) is 3.21. The zero-order valence-electron chi connectivity index (χ0n) is 10.9. The van der Waals surface area contributed by atoms with Crippen molar-refractivity contribution in [2.45, 2.75) is 19.3 Å². The molecule has 1 aromatic carbocycles. The highest BCUT2D eigenvalue weighted by Crippen LogP contribution is 2.41. The Labute approximate surface area is 116 Å². The summed E-state index contributed by atoms with van der Waals surface area (Å²) in [6, 6.07) is 5.55. The predicted octanol–water partition coefficient (Wildman–Crippen LogP) is 2.72. The van der Waals surface area contributed by atoms with Gasteiger partial charge in [-0.2, -0.15) is 0 Å². The van der Waals surface area contributed by atoms with Gasteiger partial charge in [0.2, 0.25) is 5.91 Å². The van der Waals surface area contributed by atoms with Crippen molar-refractivity contribution in [2.24, 2.45) is 0 Å². The number of rotatable bonds is 1. The van der Waals surface area contributed by atoms with Crippen molar-refractivity contribution in [1.82, 2.24) is 4.98 Å². The average Bonchev–Trinajstić information content (AvgIpc) is 2.91. The first-order valence-electron chi connectivity index (χ1n) is 6.80. The molecule has 0 fully saturated rings. The van der Waals surface area contributed by atoms with Crippen LogP contribution in [0.25, 0.3) is 11.1 Å². The van der Waals surface area contributed by atoms with Crippen LogP contribution in [0, 0.1) is 5.82 Å². The molecular weight excluding hydrogens is 255 g/mol. The average molecular weight is 268 g/mol. The van der Waals surface area contributed by atoms with E-state index in [0.29, 0.717) is 30.5 Å². The molecule has 0 unspecified atom stereocenters. The fourth-order valence-electron chi connectivity index (χ4n) is 3.21. The minimum atomic E-state index is -0.198. The van der Waals surface area contributed by atoms with Crippen LogP contribution in [0.5, 0.6) is 0 Å². The van der Waals surface area contributed by atoms with Crippen molar-refractivity contribution in [3.63, 3.8) is 0 Å². The maximum Gasteiger partial charge on any atom is 0.227 e. The molecule has 0 N–H and O–H groups in total. The van der Waals surface area contributed by atoms with Crippen molar-refractivity contribution in [2.75, 3.05) is 11.4 Å². The van der Waals surface area contributed by atoms with Crippen molar-refractivity contribution >= 4 is 11.6 Å². The third-order valence-corrected chi connectivity index (χ3v) is 4.15. The molecule has 0 saturated carbocycles. The van der Waals surface area contributed by atoms with E-state index in [0.717, 1.165) is 23.2 Å². The summed E-state index contributed by atoms with van der Waals surface area (Å²) in [6.45, 7) is 0.678. The van der Waals surface area contributed by atoms with Gasteiger partial charge in [0.25, 0.3) is 0 Å². The molecule has 2 aliphatic rings. The van der Waals surface area contributed by atoms with E-state index in [1.54, 1.807) is 17.3 Å². The zero-order chi connectivity index (χ0) is 13.7. The van der Waals surface area contributed by atoms with E-state index in [1.807, 2.05) is 18.2 Å². The number of benzene rings is 1. The van der Waals surface area contributed by atoms with Crippen molar-refractivity contribution in [3.8, 4) is 11.1 Å². The van der Waals surface area contributed by atoms with Crippen molar-refractivity contribution in [1.29, 1.82) is 0 Å². The van der Waals surface area contributed by atoms with Crippen molar-refractivity contribution < 1.29 is 9.18 Å². The van der Waals surface area contributed by atoms with Crippen LogP contribution in [0.15, 0.2) is 30.6 Å². The summed E-state index contributed by atoms with van der Waals surface area (Å²) in [5.41, 5.74) is 3.99. The maximum atomic E-state index is 14.8. The molecule has 2 aliphatic heterocycles. The second kappa shape index (κ2) is 4.13. The Morgan fingerprint density at radius 3 is 2.95 bits per heavy atom. The van der Waals surface area contributed by atoms with Gasteiger partial charge in [0.15, 0.2) is 0 Å². The Balaban J connectivity index is 1.96. The van der Waals surface area contributed by atoms with Gasteiger partial charge >= 0.3 is 0 Å². The number of aromatic nitrogens is 1. The van der Waals surface area contributed by atoms with Crippen LogP contribution >= 0.6 is 0 Å². The number of pyridine rings is 1. The van der Waals surface area contributed by atoms with Gasteiger partial charge in [-0.15, -0.1) is 0 Å². The van der Waals surface area contributed by atoms with Crippen LogP contribution in [0.1, 0.15) is 17.5 Å². The van der Waals surface area contributed by atoms with Gasteiger partial charge in [-0.1, -0.05) is 6.07 Å². The number of halogens is 1. The predicted molar refractivity (Wildman–Crippen MR) is 74.0 cm³/mol. The highest BCUT2D eigenvalue weighted by Gasteiger charge is 2.34. The highest BCUT2D eigenvalue weighted by molar-refractivity contribution is 5.99. The Bertz CT molecular complexity index is 712. The molecule has 0 atom stereocenters. The third-order valence-electron chi connectivity index (χ3n) is 4.15. The first-order valence-corrected chi connectivity index (χ1v) is 6.80. The molecule has 0 radical (unpaired) electrons. The number of anilines is 1. The standard InChI is InChI=1S/C16H13FN2O/c17-15-12-3-4-14(20)19-7-5-10(16(12)19)8-13(15)11-2-1-6-18-9-11/h1-2,6,8-9H,3-5,7H2. The van der Waals surface area contributed by atoms with Gasteiger partial charge in [0.1, 0.15) is 5.82 Å². The molecule has 100 valence electrons. The minimum Gasteiger partial charge on any atom is -0.311 e. The Morgan fingerprint density at radius 2 is 2.15 bits per heavy atom. The molecule has 4 rings (SSSR count). The monoisotopic (exact) mass is 268 g/mol. The number of carbonyl (C=O) groups excluding carboxylic acids is 1. The summed E-state index contributed by atoms with van der Waals surface area (Å²) >= 11 is 0. The van der Waals surface area contributed by atoms with Gasteiger partial charge in [0, 0.05) is 42.0 Å². The van der Waals surface area contributed by atoms with E-state index in [4.69, 9.17) is 0 Å². The topological polar surface area (TPSA) is 33.2 Å². The maximum absolute atomic E-state index is 14.8. The lowest BCUT2D eigenvalue weighted by Crippen LogP contribution is -2.33.